The molecule has 2 aromatic rings. The van der Waals surface area contributed by atoms with Crippen molar-refractivity contribution < 1.29 is 9.59 Å². The molecule has 23 heavy (non-hydrogen) atoms. The lowest BCUT2D eigenvalue weighted by Crippen LogP contribution is -2.33. The number of carbonyl (C=O) groups is 2. The average molecular weight is 396 g/mol. The number of halogens is 2. The van der Waals surface area contributed by atoms with E-state index in [1.54, 1.807) is 24.3 Å². The van der Waals surface area contributed by atoms with E-state index in [9.17, 15) is 9.59 Å². The van der Waals surface area contributed by atoms with Gasteiger partial charge in [-0.05, 0) is 59.1 Å². The van der Waals surface area contributed by atoms with Gasteiger partial charge in [0.05, 0.1) is 22.8 Å². The summed E-state index contributed by atoms with van der Waals surface area (Å²) < 4.78 is 0.676. The number of anilines is 1. The Hall–Kier alpha value is -1.85. The molecule has 0 aliphatic heterocycles. The van der Waals surface area contributed by atoms with Gasteiger partial charge in [-0.3, -0.25) is 9.59 Å². The van der Waals surface area contributed by atoms with Crippen LogP contribution in [-0.4, -0.2) is 18.4 Å². The van der Waals surface area contributed by atoms with Gasteiger partial charge in [0.2, 0.25) is 5.91 Å². The van der Waals surface area contributed by atoms with E-state index < -0.39 is 0 Å². The minimum absolute atomic E-state index is 0.135. The van der Waals surface area contributed by atoms with Gasteiger partial charge in [-0.1, -0.05) is 29.8 Å². The Morgan fingerprint density at radius 2 is 1.87 bits per heavy atom. The molecular weight excluding hydrogens is 380 g/mol. The van der Waals surface area contributed by atoms with Gasteiger partial charge in [-0.15, -0.1) is 0 Å². The molecule has 4 nitrogen and oxygen atoms in total. The maximum Gasteiger partial charge on any atom is 0.252 e. The second-order valence-electron chi connectivity index (χ2n) is 5.15. The highest BCUT2D eigenvalue weighted by molar-refractivity contribution is 9.10. The Morgan fingerprint density at radius 1 is 1.17 bits per heavy atom. The number of carbonyl (C=O) groups excluding carboxylic acids is 2. The van der Waals surface area contributed by atoms with Crippen molar-refractivity contribution >= 4 is 45.0 Å². The summed E-state index contributed by atoms with van der Waals surface area (Å²) in [5.41, 5.74) is 2.94. The number of benzene rings is 2. The van der Waals surface area contributed by atoms with Crippen molar-refractivity contribution in [2.24, 2.45) is 0 Å². The van der Waals surface area contributed by atoms with Gasteiger partial charge in [0.15, 0.2) is 0 Å². The summed E-state index contributed by atoms with van der Waals surface area (Å²) in [6.07, 6.45) is 0. The highest BCUT2D eigenvalue weighted by atomic mass is 79.9. The predicted octanol–water partition coefficient (Wildman–Crippen LogP) is 4.09. The SMILES string of the molecule is Cc1cc(C)c(NC(=O)CNC(=O)c2ccccc2Br)c(Cl)c1. The van der Waals surface area contributed by atoms with Crippen molar-refractivity contribution in [1.82, 2.24) is 5.32 Å². The van der Waals surface area contributed by atoms with Crippen LogP contribution in [0.15, 0.2) is 40.9 Å². The lowest BCUT2D eigenvalue weighted by molar-refractivity contribution is -0.115. The van der Waals surface area contributed by atoms with E-state index in [0.717, 1.165) is 11.1 Å². The standard InChI is InChI=1S/C17H16BrClN2O2/c1-10-7-11(2)16(14(19)8-10)21-15(22)9-20-17(23)12-5-3-4-6-13(12)18/h3-8H,9H2,1-2H3,(H,20,23)(H,21,22). The van der Waals surface area contributed by atoms with E-state index in [0.29, 0.717) is 20.7 Å². The minimum atomic E-state index is -0.334. The molecule has 6 heteroatoms. The molecule has 120 valence electrons. The molecule has 0 unspecified atom stereocenters. The number of rotatable bonds is 4. The van der Waals surface area contributed by atoms with Gasteiger partial charge in [-0.2, -0.15) is 0 Å². The van der Waals surface area contributed by atoms with E-state index >= 15 is 0 Å². The van der Waals surface area contributed by atoms with Crippen LogP contribution in [0.3, 0.4) is 0 Å². The fourth-order valence-electron chi connectivity index (χ4n) is 2.16. The average Bonchev–Trinajstić information content (AvgIpc) is 2.49. The van der Waals surface area contributed by atoms with Gasteiger partial charge < -0.3 is 10.6 Å². The first-order valence-corrected chi connectivity index (χ1v) is 8.15. The maximum atomic E-state index is 12.1. The molecular formula is C17H16BrClN2O2. The van der Waals surface area contributed by atoms with Crippen LogP contribution in [0.5, 0.6) is 0 Å². The van der Waals surface area contributed by atoms with Crippen LogP contribution >= 0.6 is 27.5 Å². The Labute approximate surface area is 148 Å². The second kappa shape index (κ2) is 7.62. The van der Waals surface area contributed by atoms with Crippen LogP contribution in [0, 0.1) is 13.8 Å². The maximum absolute atomic E-state index is 12.1. The van der Waals surface area contributed by atoms with Crippen molar-refractivity contribution in [2.75, 3.05) is 11.9 Å². The third-order valence-corrected chi connectivity index (χ3v) is 4.21. The minimum Gasteiger partial charge on any atom is -0.343 e. The van der Waals surface area contributed by atoms with Crippen molar-refractivity contribution in [3.63, 3.8) is 0 Å². The molecule has 2 rings (SSSR count). The van der Waals surface area contributed by atoms with Crippen molar-refractivity contribution in [3.05, 3.63) is 62.6 Å². The van der Waals surface area contributed by atoms with Crippen LogP contribution in [-0.2, 0) is 4.79 Å². The van der Waals surface area contributed by atoms with Crippen LogP contribution in [0.4, 0.5) is 5.69 Å². The summed E-state index contributed by atoms with van der Waals surface area (Å²) in [5.74, 6) is -0.654. The molecule has 2 N–H and O–H groups in total. The third kappa shape index (κ3) is 4.56. The molecule has 0 aliphatic carbocycles. The van der Waals surface area contributed by atoms with E-state index in [1.165, 1.54) is 0 Å². The number of amides is 2. The first kappa shape index (κ1) is 17.5. The van der Waals surface area contributed by atoms with Gasteiger partial charge in [-0.25, -0.2) is 0 Å². The van der Waals surface area contributed by atoms with E-state index in [2.05, 4.69) is 26.6 Å². The predicted molar refractivity (Wildman–Crippen MR) is 96.0 cm³/mol. The van der Waals surface area contributed by atoms with E-state index in [1.807, 2.05) is 26.0 Å². The van der Waals surface area contributed by atoms with Gasteiger partial charge in [0.1, 0.15) is 0 Å². The zero-order valence-corrected chi connectivity index (χ0v) is 15.1. The fourth-order valence-corrected chi connectivity index (χ4v) is 2.99. The van der Waals surface area contributed by atoms with E-state index in [-0.39, 0.29) is 18.4 Å². The van der Waals surface area contributed by atoms with Crippen LogP contribution in [0.2, 0.25) is 5.02 Å². The van der Waals surface area contributed by atoms with Crippen LogP contribution < -0.4 is 10.6 Å². The monoisotopic (exact) mass is 394 g/mol. The topological polar surface area (TPSA) is 58.2 Å². The zero-order chi connectivity index (χ0) is 17.0. The zero-order valence-electron chi connectivity index (χ0n) is 12.7. The molecule has 2 aromatic carbocycles. The first-order chi connectivity index (χ1) is 10.9. The van der Waals surface area contributed by atoms with Crippen molar-refractivity contribution in [3.8, 4) is 0 Å². The molecule has 0 saturated carbocycles. The molecule has 2 amide bonds. The lowest BCUT2D eigenvalue weighted by Gasteiger charge is -2.12. The Kier molecular flexibility index (Phi) is 5.80. The summed E-state index contributed by atoms with van der Waals surface area (Å²) in [6, 6.07) is 10.7. The normalized spacial score (nSPS) is 10.3. The molecule has 0 radical (unpaired) electrons. The van der Waals surface area contributed by atoms with Crippen molar-refractivity contribution in [1.29, 1.82) is 0 Å². The number of aryl methyl sites for hydroxylation is 2. The summed E-state index contributed by atoms with van der Waals surface area (Å²) in [7, 11) is 0. The van der Waals surface area contributed by atoms with Crippen molar-refractivity contribution in [2.45, 2.75) is 13.8 Å². The molecule has 0 fully saturated rings. The number of hydrogen-bond acceptors (Lipinski definition) is 2. The largest absolute Gasteiger partial charge is 0.343 e. The molecule has 0 spiro atoms. The Morgan fingerprint density at radius 3 is 2.52 bits per heavy atom. The first-order valence-electron chi connectivity index (χ1n) is 6.98. The third-order valence-electron chi connectivity index (χ3n) is 3.22. The number of nitrogens with one attached hydrogen (secondary N) is 2. The highest BCUT2D eigenvalue weighted by Crippen LogP contribution is 2.27. The lowest BCUT2D eigenvalue weighted by atomic mass is 10.1. The second-order valence-corrected chi connectivity index (χ2v) is 6.41. The highest BCUT2D eigenvalue weighted by Gasteiger charge is 2.13. The Bertz CT molecular complexity index is 739. The van der Waals surface area contributed by atoms with Crippen LogP contribution in [0.25, 0.3) is 0 Å². The molecule has 0 saturated heterocycles. The summed E-state index contributed by atoms with van der Waals surface area (Å²) in [4.78, 5) is 24.1. The smallest absolute Gasteiger partial charge is 0.252 e. The molecule has 0 aliphatic rings. The molecule has 0 atom stereocenters. The van der Waals surface area contributed by atoms with Gasteiger partial charge in [0, 0.05) is 4.47 Å². The molecule has 0 aromatic heterocycles. The summed E-state index contributed by atoms with van der Waals surface area (Å²) in [5, 5.41) is 5.80. The molecule has 0 heterocycles. The Balaban J connectivity index is 1.99. The summed E-state index contributed by atoms with van der Waals surface area (Å²) in [6.45, 7) is 3.67. The van der Waals surface area contributed by atoms with Gasteiger partial charge in [0.25, 0.3) is 5.91 Å². The molecule has 0 bridgehead atoms. The van der Waals surface area contributed by atoms with Gasteiger partial charge >= 0.3 is 0 Å². The van der Waals surface area contributed by atoms with E-state index in [4.69, 9.17) is 11.6 Å². The quantitative estimate of drug-likeness (QED) is 0.819. The van der Waals surface area contributed by atoms with Crippen LogP contribution in [0.1, 0.15) is 21.5 Å². The number of hydrogen-bond donors (Lipinski definition) is 2. The fraction of sp³-hybridized carbons (Fsp3) is 0.176. The summed E-state index contributed by atoms with van der Waals surface area (Å²) >= 11 is 9.45.